The average molecular weight is 499 g/mol. The molecular weight excluding hydrogens is 473 g/mol. The molecule has 0 spiro atoms. The molecule has 0 aliphatic rings. The molecule has 0 saturated carbocycles. The van der Waals surface area contributed by atoms with E-state index < -0.39 is 17.6 Å². The van der Waals surface area contributed by atoms with Crippen LogP contribution in [-0.4, -0.2) is 24.3 Å². The SMILES string of the molecule is CC(C)C(=O)Nc1ccc(NCC(=O)Nc2cccc(C(=O)Nc3cccc(C(F)(F)F)c3)c2)cc1. The van der Waals surface area contributed by atoms with Gasteiger partial charge in [0.1, 0.15) is 0 Å². The maximum absolute atomic E-state index is 12.9. The average Bonchev–Trinajstić information content (AvgIpc) is 2.83. The zero-order chi connectivity index (χ0) is 26.3. The van der Waals surface area contributed by atoms with Crippen molar-refractivity contribution in [3.8, 4) is 0 Å². The van der Waals surface area contributed by atoms with E-state index in [1.807, 2.05) is 0 Å². The van der Waals surface area contributed by atoms with Gasteiger partial charge in [0.25, 0.3) is 5.91 Å². The Morgan fingerprint density at radius 2 is 1.36 bits per heavy atom. The van der Waals surface area contributed by atoms with Crippen molar-refractivity contribution in [3.05, 3.63) is 83.9 Å². The number of carbonyl (C=O) groups excluding carboxylic acids is 3. The van der Waals surface area contributed by atoms with Crippen molar-refractivity contribution < 1.29 is 27.6 Å². The Kier molecular flexibility index (Phi) is 8.31. The second-order valence-electron chi connectivity index (χ2n) is 8.24. The molecule has 3 amide bonds. The van der Waals surface area contributed by atoms with Crippen molar-refractivity contribution in [2.75, 3.05) is 27.8 Å². The van der Waals surface area contributed by atoms with Crippen LogP contribution in [0.4, 0.5) is 35.9 Å². The highest BCUT2D eigenvalue weighted by molar-refractivity contribution is 6.05. The van der Waals surface area contributed by atoms with Gasteiger partial charge in [-0.3, -0.25) is 14.4 Å². The first kappa shape index (κ1) is 26.3. The topological polar surface area (TPSA) is 99.3 Å². The van der Waals surface area contributed by atoms with Crippen LogP contribution < -0.4 is 21.3 Å². The van der Waals surface area contributed by atoms with Gasteiger partial charge in [0.2, 0.25) is 11.8 Å². The van der Waals surface area contributed by atoms with Gasteiger partial charge in [0, 0.05) is 34.2 Å². The van der Waals surface area contributed by atoms with Crippen LogP contribution in [0.1, 0.15) is 29.8 Å². The zero-order valence-electron chi connectivity index (χ0n) is 19.6. The summed E-state index contributed by atoms with van der Waals surface area (Å²) in [6.45, 7) is 3.53. The highest BCUT2D eigenvalue weighted by Gasteiger charge is 2.30. The number of hydrogen-bond acceptors (Lipinski definition) is 4. The predicted octanol–water partition coefficient (Wildman–Crippen LogP) is 5.60. The van der Waals surface area contributed by atoms with Crippen LogP contribution in [0.15, 0.2) is 72.8 Å². The lowest BCUT2D eigenvalue weighted by molar-refractivity contribution is -0.137. The summed E-state index contributed by atoms with van der Waals surface area (Å²) in [6, 6.07) is 17.2. The van der Waals surface area contributed by atoms with E-state index in [9.17, 15) is 27.6 Å². The van der Waals surface area contributed by atoms with E-state index in [-0.39, 0.29) is 35.5 Å². The molecule has 0 aliphatic heterocycles. The molecule has 0 aliphatic carbocycles. The minimum atomic E-state index is -4.52. The summed E-state index contributed by atoms with van der Waals surface area (Å²) in [5.41, 5.74) is 0.959. The number of hydrogen-bond donors (Lipinski definition) is 4. The standard InChI is InChI=1S/C26H25F3N4O3/c1-16(2)24(35)32-20-11-9-19(10-12-20)30-15-23(34)31-21-7-3-5-17(13-21)25(36)33-22-8-4-6-18(14-22)26(27,28)29/h3-14,16,30H,15H2,1-2H3,(H,31,34)(H,32,35)(H,33,36). The number of carbonyl (C=O) groups is 3. The van der Waals surface area contributed by atoms with E-state index in [1.54, 1.807) is 50.2 Å². The van der Waals surface area contributed by atoms with Crippen molar-refractivity contribution in [1.29, 1.82) is 0 Å². The smallest absolute Gasteiger partial charge is 0.376 e. The highest BCUT2D eigenvalue weighted by Crippen LogP contribution is 2.30. The summed E-state index contributed by atoms with van der Waals surface area (Å²) in [7, 11) is 0. The number of rotatable bonds is 8. The number of nitrogens with one attached hydrogen (secondary N) is 4. The van der Waals surface area contributed by atoms with Crippen molar-refractivity contribution in [1.82, 2.24) is 0 Å². The Balaban J connectivity index is 1.55. The maximum Gasteiger partial charge on any atom is 0.416 e. The van der Waals surface area contributed by atoms with Crippen LogP contribution in [0.5, 0.6) is 0 Å². The molecule has 0 fully saturated rings. The second kappa shape index (κ2) is 11.4. The lowest BCUT2D eigenvalue weighted by Crippen LogP contribution is -2.22. The Labute approximate surface area is 206 Å². The molecule has 0 atom stereocenters. The van der Waals surface area contributed by atoms with Crippen LogP contribution in [-0.2, 0) is 15.8 Å². The van der Waals surface area contributed by atoms with Crippen LogP contribution in [0.25, 0.3) is 0 Å². The van der Waals surface area contributed by atoms with E-state index in [2.05, 4.69) is 21.3 Å². The normalized spacial score (nSPS) is 11.1. The molecule has 3 aromatic rings. The number of alkyl halides is 3. The minimum Gasteiger partial charge on any atom is -0.376 e. The Morgan fingerprint density at radius 1 is 0.750 bits per heavy atom. The highest BCUT2D eigenvalue weighted by atomic mass is 19.4. The van der Waals surface area contributed by atoms with E-state index in [1.165, 1.54) is 24.3 Å². The van der Waals surface area contributed by atoms with E-state index in [0.717, 1.165) is 12.1 Å². The molecule has 0 aromatic heterocycles. The van der Waals surface area contributed by atoms with E-state index in [4.69, 9.17) is 0 Å². The third-order valence-electron chi connectivity index (χ3n) is 4.99. The lowest BCUT2D eigenvalue weighted by atomic mass is 10.1. The van der Waals surface area contributed by atoms with Gasteiger partial charge in [-0.25, -0.2) is 0 Å². The summed E-state index contributed by atoms with van der Waals surface area (Å²) >= 11 is 0. The quantitative estimate of drug-likeness (QED) is 0.325. The Bertz CT molecular complexity index is 1240. The summed E-state index contributed by atoms with van der Waals surface area (Å²) in [6.07, 6.45) is -4.52. The molecule has 0 heterocycles. The fourth-order valence-corrected chi connectivity index (χ4v) is 3.06. The molecule has 3 aromatic carbocycles. The van der Waals surface area contributed by atoms with Crippen LogP contribution >= 0.6 is 0 Å². The first-order chi connectivity index (χ1) is 17.0. The summed E-state index contributed by atoms with van der Waals surface area (Å²) in [5.74, 6) is -1.23. The third-order valence-corrected chi connectivity index (χ3v) is 4.99. The van der Waals surface area contributed by atoms with Gasteiger partial charge in [-0.05, 0) is 60.7 Å². The largest absolute Gasteiger partial charge is 0.416 e. The monoisotopic (exact) mass is 498 g/mol. The Hall–Kier alpha value is -4.34. The van der Waals surface area contributed by atoms with Crippen molar-refractivity contribution in [2.45, 2.75) is 20.0 Å². The molecule has 0 unspecified atom stereocenters. The molecule has 36 heavy (non-hydrogen) atoms. The summed E-state index contributed by atoms with van der Waals surface area (Å²) in [4.78, 5) is 36.6. The number of halogens is 3. The second-order valence-corrected chi connectivity index (χ2v) is 8.24. The number of anilines is 4. The first-order valence-electron chi connectivity index (χ1n) is 11.0. The van der Waals surface area contributed by atoms with Gasteiger partial charge < -0.3 is 21.3 Å². The van der Waals surface area contributed by atoms with Crippen molar-refractivity contribution >= 4 is 40.5 Å². The number of benzene rings is 3. The predicted molar refractivity (Wildman–Crippen MR) is 133 cm³/mol. The molecule has 0 radical (unpaired) electrons. The molecule has 4 N–H and O–H groups in total. The maximum atomic E-state index is 12.9. The minimum absolute atomic E-state index is 0.00301. The molecule has 0 saturated heterocycles. The van der Waals surface area contributed by atoms with Gasteiger partial charge in [-0.15, -0.1) is 0 Å². The van der Waals surface area contributed by atoms with Crippen molar-refractivity contribution in [3.63, 3.8) is 0 Å². The van der Waals surface area contributed by atoms with Gasteiger partial charge >= 0.3 is 6.18 Å². The Morgan fingerprint density at radius 3 is 2.00 bits per heavy atom. The summed E-state index contributed by atoms with van der Waals surface area (Å²) < 4.78 is 38.7. The molecule has 10 heteroatoms. The number of amides is 3. The first-order valence-corrected chi connectivity index (χ1v) is 11.0. The van der Waals surface area contributed by atoms with Crippen LogP contribution in [0.3, 0.4) is 0 Å². The van der Waals surface area contributed by atoms with Crippen LogP contribution in [0, 0.1) is 5.92 Å². The lowest BCUT2D eigenvalue weighted by Gasteiger charge is -2.12. The summed E-state index contributed by atoms with van der Waals surface area (Å²) in [5, 5.41) is 10.8. The van der Waals surface area contributed by atoms with E-state index >= 15 is 0 Å². The molecule has 3 rings (SSSR count). The zero-order valence-corrected chi connectivity index (χ0v) is 19.6. The van der Waals surface area contributed by atoms with E-state index in [0.29, 0.717) is 17.1 Å². The molecule has 0 bridgehead atoms. The van der Waals surface area contributed by atoms with Gasteiger partial charge in [-0.2, -0.15) is 13.2 Å². The third kappa shape index (κ3) is 7.59. The van der Waals surface area contributed by atoms with Gasteiger partial charge in [-0.1, -0.05) is 26.0 Å². The van der Waals surface area contributed by atoms with Crippen LogP contribution in [0.2, 0.25) is 0 Å². The van der Waals surface area contributed by atoms with Gasteiger partial charge in [0.15, 0.2) is 0 Å². The van der Waals surface area contributed by atoms with Crippen molar-refractivity contribution in [2.24, 2.45) is 5.92 Å². The molecule has 188 valence electrons. The van der Waals surface area contributed by atoms with Gasteiger partial charge in [0.05, 0.1) is 12.1 Å². The fourth-order valence-electron chi connectivity index (χ4n) is 3.06. The molecular formula is C26H25F3N4O3. The fraction of sp³-hybridized carbons (Fsp3) is 0.192. The molecule has 7 nitrogen and oxygen atoms in total.